The Morgan fingerprint density at radius 3 is 2.78 bits per heavy atom. The molecule has 92 valence electrons. The number of thiophene rings is 2. The second-order valence-electron chi connectivity index (χ2n) is 4.21. The quantitative estimate of drug-likeness (QED) is 0.733. The summed E-state index contributed by atoms with van der Waals surface area (Å²) in [7, 11) is 0. The average Bonchev–Trinajstić information content (AvgIpc) is 2.97. The molecule has 1 nitrogen and oxygen atoms in total. The Bertz CT molecular complexity index is 671. The van der Waals surface area contributed by atoms with Crippen LogP contribution >= 0.6 is 34.3 Å². The number of rotatable bonds is 3. The lowest BCUT2D eigenvalue weighted by Gasteiger charge is -2.08. The summed E-state index contributed by atoms with van der Waals surface area (Å²) >= 11 is 9.29. The first-order chi connectivity index (χ1) is 8.74. The summed E-state index contributed by atoms with van der Waals surface area (Å²) in [5, 5.41) is 3.53. The number of nitrogens with two attached hydrogens (primary N) is 1. The van der Waals surface area contributed by atoms with Crippen LogP contribution in [0.25, 0.3) is 10.1 Å². The number of hydrogen-bond donors (Lipinski definition) is 1. The van der Waals surface area contributed by atoms with Gasteiger partial charge in [-0.15, -0.1) is 22.7 Å². The third-order valence-electron chi connectivity index (χ3n) is 2.96. The molecule has 0 aliphatic carbocycles. The lowest BCUT2D eigenvalue weighted by atomic mass is 10.0. The molecule has 18 heavy (non-hydrogen) atoms. The lowest BCUT2D eigenvalue weighted by molar-refractivity contribution is 0.742. The first kappa shape index (κ1) is 12.2. The molecule has 0 bridgehead atoms. The SMILES string of the molecule is NC(Cc1csc2ccccc12)c1ccc(Cl)s1. The van der Waals surface area contributed by atoms with Crippen LogP contribution in [0.3, 0.4) is 0 Å². The van der Waals surface area contributed by atoms with E-state index in [-0.39, 0.29) is 6.04 Å². The molecule has 2 aromatic heterocycles. The molecule has 0 spiro atoms. The van der Waals surface area contributed by atoms with Gasteiger partial charge in [0, 0.05) is 15.6 Å². The van der Waals surface area contributed by atoms with Gasteiger partial charge < -0.3 is 5.73 Å². The maximum absolute atomic E-state index is 6.25. The summed E-state index contributed by atoms with van der Waals surface area (Å²) in [6, 6.07) is 12.4. The minimum Gasteiger partial charge on any atom is -0.323 e. The molecular weight excluding hydrogens is 282 g/mol. The van der Waals surface area contributed by atoms with Gasteiger partial charge in [0.05, 0.1) is 4.34 Å². The minimum atomic E-state index is 0.0282. The van der Waals surface area contributed by atoms with Gasteiger partial charge in [0.2, 0.25) is 0 Å². The van der Waals surface area contributed by atoms with Crippen molar-refractivity contribution in [1.82, 2.24) is 0 Å². The van der Waals surface area contributed by atoms with Crippen molar-refractivity contribution in [3.05, 3.63) is 56.6 Å². The number of fused-ring (bicyclic) bond motifs is 1. The Kier molecular flexibility index (Phi) is 3.39. The highest BCUT2D eigenvalue weighted by atomic mass is 35.5. The van der Waals surface area contributed by atoms with Crippen LogP contribution in [0.4, 0.5) is 0 Å². The second kappa shape index (κ2) is 5.02. The van der Waals surface area contributed by atoms with E-state index >= 15 is 0 Å². The number of halogens is 1. The maximum atomic E-state index is 6.25. The van der Waals surface area contributed by atoms with Crippen molar-refractivity contribution in [2.75, 3.05) is 0 Å². The Hall–Kier alpha value is -0.870. The molecule has 4 heteroatoms. The van der Waals surface area contributed by atoms with Crippen LogP contribution in [-0.2, 0) is 6.42 Å². The van der Waals surface area contributed by atoms with Crippen molar-refractivity contribution < 1.29 is 0 Å². The van der Waals surface area contributed by atoms with E-state index in [4.69, 9.17) is 17.3 Å². The van der Waals surface area contributed by atoms with Crippen molar-refractivity contribution in [2.45, 2.75) is 12.5 Å². The molecular formula is C14H12ClNS2. The fraction of sp³-hybridized carbons (Fsp3) is 0.143. The van der Waals surface area contributed by atoms with Gasteiger partial charge in [-0.05, 0) is 40.9 Å². The molecule has 0 aliphatic heterocycles. The molecule has 1 atom stereocenters. The zero-order valence-electron chi connectivity index (χ0n) is 9.60. The molecule has 0 saturated carbocycles. The third-order valence-corrected chi connectivity index (χ3v) is 5.34. The van der Waals surface area contributed by atoms with Crippen molar-refractivity contribution in [1.29, 1.82) is 0 Å². The van der Waals surface area contributed by atoms with E-state index < -0.39 is 0 Å². The van der Waals surface area contributed by atoms with Crippen molar-refractivity contribution in [3.63, 3.8) is 0 Å². The highest BCUT2D eigenvalue weighted by Gasteiger charge is 2.12. The zero-order valence-corrected chi connectivity index (χ0v) is 12.0. The first-order valence-electron chi connectivity index (χ1n) is 5.70. The monoisotopic (exact) mass is 293 g/mol. The van der Waals surface area contributed by atoms with Crippen molar-refractivity contribution >= 4 is 44.4 Å². The predicted octanol–water partition coefficient (Wildman–Crippen LogP) is 4.86. The lowest BCUT2D eigenvalue weighted by Crippen LogP contribution is -2.11. The Morgan fingerprint density at radius 2 is 2.00 bits per heavy atom. The van der Waals surface area contributed by atoms with E-state index in [9.17, 15) is 0 Å². The number of hydrogen-bond acceptors (Lipinski definition) is 3. The molecule has 0 aliphatic rings. The van der Waals surface area contributed by atoms with Crippen molar-refractivity contribution in [3.8, 4) is 0 Å². The summed E-state index contributed by atoms with van der Waals surface area (Å²) in [5.41, 5.74) is 7.57. The standard InChI is InChI=1S/C14H12ClNS2/c15-14-6-5-13(18-14)11(16)7-9-8-17-12-4-2-1-3-10(9)12/h1-6,8,11H,7,16H2. The predicted molar refractivity (Wildman–Crippen MR) is 81.8 cm³/mol. The highest BCUT2D eigenvalue weighted by Crippen LogP contribution is 2.31. The topological polar surface area (TPSA) is 26.0 Å². The zero-order chi connectivity index (χ0) is 12.5. The molecule has 1 aromatic carbocycles. The molecule has 0 radical (unpaired) electrons. The molecule has 2 heterocycles. The van der Waals surface area contributed by atoms with Gasteiger partial charge in [-0.3, -0.25) is 0 Å². The third kappa shape index (κ3) is 2.31. The molecule has 0 amide bonds. The molecule has 3 rings (SSSR count). The van der Waals surface area contributed by atoms with Crippen LogP contribution in [0.5, 0.6) is 0 Å². The van der Waals surface area contributed by atoms with Gasteiger partial charge in [-0.2, -0.15) is 0 Å². The van der Waals surface area contributed by atoms with E-state index in [2.05, 4.69) is 29.6 Å². The highest BCUT2D eigenvalue weighted by molar-refractivity contribution is 7.17. The molecule has 1 unspecified atom stereocenters. The van der Waals surface area contributed by atoms with Gasteiger partial charge >= 0.3 is 0 Å². The Balaban J connectivity index is 1.88. The van der Waals surface area contributed by atoms with Gasteiger partial charge in [-0.1, -0.05) is 29.8 Å². The molecule has 0 fully saturated rings. The van der Waals surface area contributed by atoms with E-state index in [0.29, 0.717) is 0 Å². The fourth-order valence-corrected chi connectivity index (χ4v) is 4.09. The first-order valence-corrected chi connectivity index (χ1v) is 7.77. The van der Waals surface area contributed by atoms with Gasteiger partial charge in [0.1, 0.15) is 0 Å². The largest absolute Gasteiger partial charge is 0.323 e. The van der Waals surface area contributed by atoms with Crippen LogP contribution in [0.1, 0.15) is 16.5 Å². The van der Waals surface area contributed by atoms with Crippen LogP contribution in [-0.4, -0.2) is 0 Å². The van der Waals surface area contributed by atoms with Gasteiger partial charge in [0.25, 0.3) is 0 Å². The van der Waals surface area contributed by atoms with Gasteiger partial charge in [0.15, 0.2) is 0 Å². The van der Waals surface area contributed by atoms with E-state index in [1.165, 1.54) is 15.6 Å². The smallest absolute Gasteiger partial charge is 0.0931 e. The second-order valence-corrected chi connectivity index (χ2v) is 6.87. The maximum Gasteiger partial charge on any atom is 0.0931 e. The number of benzene rings is 1. The molecule has 2 N–H and O–H groups in total. The fourth-order valence-electron chi connectivity index (χ4n) is 2.06. The summed E-state index contributed by atoms with van der Waals surface area (Å²) in [5.74, 6) is 0. The van der Waals surface area contributed by atoms with E-state index in [0.717, 1.165) is 15.6 Å². The van der Waals surface area contributed by atoms with Gasteiger partial charge in [-0.25, -0.2) is 0 Å². The molecule has 0 saturated heterocycles. The Morgan fingerprint density at radius 1 is 1.17 bits per heavy atom. The average molecular weight is 294 g/mol. The van der Waals surface area contributed by atoms with Crippen molar-refractivity contribution in [2.24, 2.45) is 5.73 Å². The minimum absolute atomic E-state index is 0.0282. The normalized spacial score (nSPS) is 13.0. The van der Waals surface area contributed by atoms with Crippen LogP contribution in [0.2, 0.25) is 4.34 Å². The Labute approximate surface area is 119 Å². The summed E-state index contributed by atoms with van der Waals surface area (Å²) in [4.78, 5) is 1.15. The van der Waals surface area contributed by atoms with Crippen LogP contribution in [0, 0.1) is 0 Å². The summed E-state index contributed by atoms with van der Waals surface area (Å²) < 4.78 is 2.12. The van der Waals surface area contributed by atoms with Crippen LogP contribution < -0.4 is 5.73 Å². The summed E-state index contributed by atoms with van der Waals surface area (Å²) in [6.45, 7) is 0. The van der Waals surface area contributed by atoms with E-state index in [1.807, 2.05) is 12.1 Å². The summed E-state index contributed by atoms with van der Waals surface area (Å²) in [6.07, 6.45) is 0.862. The van der Waals surface area contributed by atoms with E-state index in [1.54, 1.807) is 22.7 Å². The van der Waals surface area contributed by atoms with Crippen LogP contribution in [0.15, 0.2) is 41.8 Å². The molecule has 3 aromatic rings.